The van der Waals surface area contributed by atoms with Crippen LogP contribution in [0.15, 0.2) is 18.3 Å². The van der Waals surface area contributed by atoms with Crippen LogP contribution >= 0.6 is 0 Å². The molecule has 20 heavy (non-hydrogen) atoms. The van der Waals surface area contributed by atoms with Crippen molar-refractivity contribution in [2.45, 2.75) is 26.3 Å². The van der Waals surface area contributed by atoms with Gasteiger partial charge in [0, 0.05) is 25.8 Å². The highest BCUT2D eigenvalue weighted by atomic mass is 32.2. The lowest BCUT2D eigenvalue weighted by molar-refractivity contribution is 0.287. The third kappa shape index (κ3) is 4.76. The summed E-state index contributed by atoms with van der Waals surface area (Å²) in [7, 11) is -2.83. The molecule has 1 fully saturated rings. The van der Waals surface area contributed by atoms with Gasteiger partial charge in [-0.1, -0.05) is 6.92 Å². The Labute approximate surface area is 121 Å². The number of hydrogen-bond donors (Lipinski definition) is 1. The second-order valence-electron chi connectivity index (χ2n) is 5.26. The minimum Gasteiger partial charge on any atom is -0.370 e. The summed E-state index contributed by atoms with van der Waals surface area (Å²) in [6, 6.07) is 4.05. The minimum atomic E-state index is -2.83. The number of anilines is 1. The van der Waals surface area contributed by atoms with Crippen LogP contribution in [0.3, 0.4) is 0 Å². The molecule has 0 aliphatic carbocycles. The molecule has 0 unspecified atom stereocenters. The summed E-state index contributed by atoms with van der Waals surface area (Å²) in [6.45, 7) is 5.30. The Morgan fingerprint density at radius 1 is 1.35 bits per heavy atom. The summed E-state index contributed by atoms with van der Waals surface area (Å²) in [5, 5.41) is 3.27. The number of aromatic nitrogens is 1. The van der Waals surface area contributed by atoms with Crippen LogP contribution in [0.4, 0.5) is 5.82 Å². The van der Waals surface area contributed by atoms with E-state index in [0.29, 0.717) is 12.3 Å². The van der Waals surface area contributed by atoms with E-state index in [0.717, 1.165) is 38.3 Å². The Bertz CT molecular complexity index is 531. The minimum absolute atomic E-state index is 0.277. The van der Waals surface area contributed by atoms with Crippen molar-refractivity contribution in [3.63, 3.8) is 0 Å². The molecule has 0 radical (unpaired) electrons. The van der Waals surface area contributed by atoms with Crippen molar-refractivity contribution in [1.82, 2.24) is 9.88 Å². The van der Waals surface area contributed by atoms with Gasteiger partial charge in [-0.05, 0) is 37.1 Å². The van der Waals surface area contributed by atoms with Gasteiger partial charge in [-0.3, -0.25) is 4.90 Å². The topological polar surface area (TPSA) is 62.3 Å². The lowest BCUT2D eigenvalue weighted by Crippen LogP contribution is -2.26. The molecule has 1 aromatic heterocycles. The monoisotopic (exact) mass is 297 g/mol. The van der Waals surface area contributed by atoms with Crippen LogP contribution in [0.2, 0.25) is 0 Å². The van der Waals surface area contributed by atoms with Gasteiger partial charge in [0.15, 0.2) is 9.84 Å². The lowest BCUT2D eigenvalue weighted by atomic mass is 10.2. The first-order chi connectivity index (χ1) is 9.59. The molecular weight excluding hydrogens is 274 g/mol. The summed E-state index contributed by atoms with van der Waals surface area (Å²) < 4.78 is 23.2. The molecule has 1 aromatic rings. The molecule has 2 heterocycles. The van der Waals surface area contributed by atoms with Crippen LogP contribution in [-0.4, -0.2) is 49.4 Å². The van der Waals surface area contributed by atoms with E-state index in [2.05, 4.69) is 28.2 Å². The van der Waals surface area contributed by atoms with Gasteiger partial charge in [0.05, 0.1) is 11.5 Å². The average molecular weight is 297 g/mol. The number of sulfone groups is 1. The van der Waals surface area contributed by atoms with Crippen LogP contribution < -0.4 is 5.32 Å². The van der Waals surface area contributed by atoms with Crippen molar-refractivity contribution < 1.29 is 8.42 Å². The van der Waals surface area contributed by atoms with Crippen molar-refractivity contribution >= 4 is 15.7 Å². The van der Waals surface area contributed by atoms with Gasteiger partial charge in [0.1, 0.15) is 5.82 Å². The average Bonchev–Trinajstić information content (AvgIpc) is 2.58. The summed E-state index contributed by atoms with van der Waals surface area (Å²) >= 11 is 0. The number of rotatable bonds is 5. The Balaban J connectivity index is 1.95. The maximum absolute atomic E-state index is 11.6. The first kappa shape index (κ1) is 15.3. The van der Waals surface area contributed by atoms with E-state index in [1.807, 2.05) is 12.3 Å². The van der Waals surface area contributed by atoms with Crippen molar-refractivity contribution in [1.29, 1.82) is 0 Å². The second kappa shape index (κ2) is 7.04. The molecular formula is C14H23N3O2S. The van der Waals surface area contributed by atoms with Crippen molar-refractivity contribution in [3.8, 4) is 0 Å². The number of nitrogens with one attached hydrogen (secondary N) is 1. The summed E-state index contributed by atoms with van der Waals surface area (Å²) in [5.41, 5.74) is 1.18. The molecule has 1 N–H and O–H groups in total. The molecule has 5 nitrogen and oxygen atoms in total. The molecule has 1 saturated heterocycles. The predicted octanol–water partition coefficient (Wildman–Crippen LogP) is 1.52. The van der Waals surface area contributed by atoms with Crippen LogP contribution in [-0.2, 0) is 16.4 Å². The fraction of sp³-hybridized carbons (Fsp3) is 0.643. The van der Waals surface area contributed by atoms with Crippen LogP contribution in [0.25, 0.3) is 0 Å². The van der Waals surface area contributed by atoms with Gasteiger partial charge in [-0.2, -0.15) is 0 Å². The third-order valence-corrected chi connectivity index (χ3v) is 5.15. The molecule has 6 heteroatoms. The Morgan fingerprint density at radius 2 is 2.20 bits per heavy atom. The Kier molecular flexibility index (Phi) is 5.37. The highest BCUT2D eigenvalue weighted by molar-refractivity contribution is 7.91. The SMILES string of the molecule is CCCNc1cc(CN2CCCS(=O)(=O)CC2)ccn1. The number of nitrogens with zero attached hydrogens (tertiary/aromatic N) is 2. The molecule has 0 spiro atoms. The highest BCUT2D eigenvalue weighted by Gasteiger charge is 2.19. The smallest absolute Gasteiger partial charge is 0.151 e. The predicted molar refractivity (Wildman–Crippen MR) is 81.6 cm³/mol. The fourth-order valence-corrected chi connectivity index (χ4v) is 3.64. The largest absolute Gasteiger partial charge is 0.370 e. The number of hydrogen-bond acceptors (Lipinski definition) is 5. The van der Waals surface area contributed by atoms with E-state index in [1.54, 1.807) is 0 Å². The lowest BCUT2D eigenvalue weighted by Gasteiger charge is -2.19. The van der Waals surface area contributed by atoms with Gasteiger partial charge in [0.25, 0.3) is 0 Å². The normalized spacial score (nSPS) is 19.4. The molecule has 0 saturated carbocycles. The van der Waals surface area contributed by atoms with Crippen molar-refractivity contribution in [2.75, 3.05) is 36.5 Å². The summed E-state index contributed by atoms with van der Waals surface area (Å²) in [6.07, 6.45) is 3.60. The second-order valence-corrected chi connectivity index (χ2v) is 7.56. The maximum Gasteiger partial charge on any atom is 0.151 e. The molecule has 0 bridgehead atoms. The van der Waals surface area contributed by atoms with Gasteiger partial charge >= 0.3 is 0 Å². The zero-order chi connectivity index (χ0) is 14.4. The quantitative estimate of drug-likeness (QED) is 0.893. The first-order valence-electron chi connectivity index (χ1n) is 7.20. The molecule has 0 amide bonds. The number of pyridine rings is 1. The molecule has 112 valence electrons. The maximum atomic E-state index is 11.6. The van der Waals surface area contributed by atoms with E-state index >= 15 is 0 Å². The zero-order valence-electron chi connectivity index (χ0n) is 12.0. The highest BCUT2D eigenvalue weighted by Crippen LogP contribution is 2.12. The van der Waals surface area contributed by atoms with Crippen LogP contribution in [0, 0.1) is 0 Å². The van der Waals surface area contributed by atoms with Gasteiger partial charge < -0.3 is 5.32 Å². The molecule has 1 aliphatic heterocycles. The van der Waals surface area contributed by atoms with E-state index in [-0.39, 0.29) is 5.75 Å². The third-order valence-electron chi connectivity index (χ3n) is 3.43. The molecule has 0 aromatic carbocycles. The molecule has 0 atom stereocenters. The van der Waals surface area contributed by atoms with E-state index < -0.39 is 9.84 Å². The van der Waals surface area contributed by atoms with Crippen LogP contribution in [0.5, 0.6) is 0 Å². The van der Waals surface area contributed by atoms with E-state index in [1.165, 1.54) is 5.56 Å². The van der Waals surface area contributed by atoms with E-state index in [9.17, 15) is 8.42 Å². The molecule has 2 rings (SSSR count). The van der Waals surface area contributed by atoms with Crippen LogP contribution in [0.1, 0.15) is 25.3 Å². The van der Waals surface area contributed by atoms with Gasteiger partial charge in [0.2, 0.25) is 0 Å². The van der Waals surface area contributed by atoms with Gasteiger partial charge in [-0.15, -0.1) is 0 Å². The molecule has 1 aliphatic rings. The Morgan fingerprint density at radius 3 is 3.00 bits per heavy atom. The van der Waals surface area contributed by atoms with Crippen molar-refractivity contribution in [2.24, 2.45) is 0 Å². The fourth-order valence-electron chi connectivity index (χ4n) is 2.33. The van der Waals surface area contributed by atoms with Crippen molar-refractivity contribution in [3.05, 3.63) is 23.9 Å². The zero-order valence-corrected chi connectivity index (χ0v) is 12.8. The summed E-state index contributed by atoms with van der Waals surface area (Å²) in [4.78, 5) is 6.50. The summed E-state index contributed by atoms with van der Waals surface area (Å²) in [5.74, 6) is 1.49. The Hall–Kier alpha value is -1.14. The standard InChI is InChI=1S/C14H23N3O2S/c1-2-5-15-14-11-13(4-6-16-14)12-17-7-3-9-20(18,19)10-8-17/h4,6,11H,2-3,5,7-10,12H2,1H3,(H,15,16). The first-order valence-corrected chi connectivity index (χ1v) is 9.03. The van der Waals surface area contributed by atoms with E-state index in [4.69, 9.17) is 0 Å². The van der Waals surface area contributed by atoms with Gasteiger partial charge in [-0.25, -0.2) is 13.4 Å².